The summed E-state index contributed by atoms with van der Waals surface area (Å²) in [5.41, 5.74) is 3.40. The number of esters is 1. The predicted molar refractivity (Wildman–Crippen MR) is 101 cm³/mol. The van der Waals surface area contributed by atoms with Crippen LogP contribution in [0, 0.1) is 13.8 Å². The van der Waals surface area contributed by atoms with Gasteiger partial charge in [0.2, 0.25) is 5.78 Å². The number of benzene rings is 1. The number of hydrogen-bond acceptors (Lipinski definition) is 6. The lowest BCUT2D eigenvalue weighted by Crippen LogP contribution is -2.16. The Hall–Kier alpha value is -2.12. The van der Waals surface area contributed by atoms with Gasteiger partial charge in [0.15, 0.2) is 10.9 Å². The van der Waals surface area contributed by atoms with Crippen LogP contribution in [0.1, 0.15) is 21.7 Å². The van der Waals surface area contributed by atoms with Crippen LogP contribution in [0.4, 0.5) is 0 Å². The van der Waals surface area contributed by atoms with Crippen LogP contribution in [0.2, 0.25) is 0 Å². The molecule has 2 heterocycles. The third-order valence-electron chi connectivity index (χ3n) is 4.03. The van der Waals surface area contributed by atoms with E-state index in [1.165, 1.54) is 11.8 Å². The molecule has 5 nitrogen and oxygen atoms in total. The molecule has 0 unspecified atom stereocenters. The molecule has 0 aliphatic heterocycles. The smallest absolute Gasteiger partial charge is 0.316 e. The number of hydrogen-bond donors (Lipinski definition) is 0. The minimum absolute atomic E-state index is 0.139. The fourth-order valence-corrected chi connectivity index (χ4v) is 4.30. The van der Waals surface area contributed by atoms with Gasteiger partial charge in [-0.2, -0.15) is 0 Å². The summed E-state index contributed by atoms with van der Waals surface area (Å²) in [5.74, 6) is -0.456. The van der Waals surface area contributed by atoms with Gasteiger partial charge in [-0.1, -0.05) is 23.9 Å². The average Bonchev–Trinajstić information content (AvgIpc) is 3.14. The molecule has 0 saturated carbocycles. The van der Waals surface area contributed by atoms with Crippen molar-refractivity contribution in [2.24, 2.45) is 7.05 Å². The molecule has 0 radical (unpaired) electrons. The summed E-state index contributed by atoms with van der Waals surface area (Å²) in [4.78, 5) is 28.6. The normalized spacial score (nSPS) is 11.0. The number of carbonyl (C=O) groups is 2. The summed E-state index contributed by atoms with van der Waals surface area (Å²) < 4.78 is 8.96. The fourth-order valence-electron chi connectivity index (χ4n) is 2.44. The number of aryl methyl sites for hydroxylation is 1. The summed E-state index contributed by atoms with van der Waals surface area (Å²) in [6, 6.07) is 9.66. The van der Waals surface area contributed by atoms with E-state index in [0.29, 0.717) is 5.56 Å². The Labute approximate surface area is 154 Å². The standard InChI is InChI=1S/C18H18N2O3S2/c1-11-8-13(12(2)20(11)3)15(21)9-23-17(22)10-24-18-19-14-6-4-5-7-16(14)25-18/h4-8H,9-10H2,1-3H3. The molecule has 7 heteroatoms. The molecule has 0 saturated heterocycles. The molecule has 3 rings (SSSR count). The number of fused-ring (bicyclic) bond motifs is 1. The number of nitrogens with zero attached hydrogens (tertiary/aromatic N) is 2. The number of ether oxygens (including phenoxy) is 1. The van der Waals surface area contributed by atoms with Crippen LogP contribution in [0.25, 0.3) is 10.2 Å². The third kappa shape index (κ3) is 3.93. The number of aromatic nitrogens is 2. The van der Waals surface area contributed by atoms with Gasteiger partial charge in [0.1, 0.15) is 0 Å². The zero-order valence-corrected chi connectivity index (χ0v) is 15.9. The van der Waals surface area contributed by atoms with Crippen molar-refractivity contribution in [3.8, 4) is 0 Å². The highest BCUT2D eigenvalue weighted by Gasteiger charge is 2.16. The lowest BCUT2D eigenvalue weighted by molar-refractivity contribution is -0.139. The van der Waals surface area contributed by atoms with Gasteiger partial charge in [0.05, 0.1) is 16.0 Å². The van der Waals surface area contributed by atoms with E-state index in [-0.39, 0.29) is 18.1 Å². The zero-order valence-electron chi connectivity index (χ0n) is 14.2. The topological polar surface area (TPSA) is 61.2 Å². The summed E-state index contributed by atoms with van der Waals surface area (Å²) in [6.45, 7) is 3.58. The van der Waals surface area contributed by atoms with E-state index in [4.69, 9.17) is 4.74 Å². The Morgan fingerprint density at radius 1 is 1.28 bits per heavy atom. The molecule has 3 aromatic rings. The van der Waals surface area contributed by atoms with E-state index < -0.39 is 5.97 Å². The van der Waals surface area contributed by atoms with E-state index in [9.17, 15) is 9.59 Å². The fraction of sp³-hybridized carbons (Fsp3) is 0.278. The van der Waals surface area contributed by atoms with Crippen LogP contribution in [-0.2, 0) is 16.6 Å². The van der Waals surface area contributed by atoms with Gasteiger partial charge < -0.3 is 9.30 Å². The Bertz CT molecular complexity index is 910. The highest BCUT2D eigenvalue weighted by atomic mass is 32.2. The molecular formula is C18H18N2O3S2. The molecule has 0 aliphatic rings. The van der Waals surface area contributed by atoms with Crippen LogP contribution in [-0.4, -0.2) is 33.7 Å². The van der Waals surface area contributed by atoms with E-state index >= 15 is 0 Å². The molecule has 0 amide bonds. The third-order valence-corrected chi connectivity index (χ3v) is 6.18. The number of carbonyl (C=O) groups excluding carboxylic acids is 2. The molecule has 2 aromatic heterocycles. The van der Waals surface area contributed by atoms with E-state index in [1.807, 2.05) is 55.8 Å². The SMILES string of the molecule is Cc1cc(C(=O)COC(=O)CSc2nc3ccccc3s2)c(C)n1C. The Balaban J connectivity index is 1.52. The van der Waals surface area contributed by atoms with Crippen molar-refractivity contribution < 1.29 is 14.3 Å². The first-order valence-corrected chi connectivity index (χ1v) is 9.56. The van der Waals surface area contributed by atoms with Gasteiger partial charge in [0, 0.05) is 24.0 Å². The highest BCUT2D eigenvalue weighted by molar-refractivity contribution is 8.01. The van der Waals surface area contributed by atoms with Crippen LogP contribution in [0.3, 0.4) is 0 Å². The van der Waals surface area contributed by atoms with Crippen LogP contribution >= 0.6 is 23.1 Å². The number of ketones is 1. The maximum atomic E-state index is 12.2. The molecule has 1 aromatic carbocycles. The minimum atomic E-state index is -0.414. The molecule has 0 N–H and O–H groups in total. The first-order valence-electron chi connectivity index (χ1n) is 7.76. The van der Waals surface area contributed by atoms with Crippen molar-refractivity contribution in [3.63, 3.8) is 0 Å². The average molecular weight is 374 g/mol. The number of thiazole rings is 1. The molecule has 0 bridgehead atoms. The van der Waals surface area contributed by atoms with Crippen molar-refractivity contribution in [2.75, 3.05) is 12.4 Å². The zero-order chi connectivity index (χ0) is 18.0. The summed E-state index contributed by atoms with van der Waals surface area (Å²) in [7, 11) is 1.90. The second-order valence-electron chi connectivity index (χ2n) is 5.66. The predicted octanol–water partition coefficient (Wildman–Crippen LogP) is 3.77. The number of thioether (sulfide) groups is 1. The van der Waals surface area contributed by atoms with Gasteiger partial charge in [0.25, 0.3) is 0 Å². The van der Waals surface area contributed by atoms with Crippen molar-refractivity contribution in [1.29, 1.82) is 0 Å². The van der Waals surface area contributed by atoms with Crippen molar-refractivity contribution in [3.05, 3.63) is 47.3 Å². The lowest BCUT2D eigenvalue weighted by Gasteiger charge is -2.04. The van der Waals surface area contributed by atoms with Gasteiger partial charge in [-0.05, 0) is 32.0 Å². The molecule has 0 spiro atoms. The van der Waals surface area contributed by atoms with Crippen molar-refractivity contribution in [1.82, 2.24) is 9.55 Å². The first-order chi connectivity index (χ1) is 12.0. The number of Topliss-reactive ketones (excluding diaryl/α,β-unsaturated/α-hetero) is 1. The number of rotatable bonds is 6. The lowest BCUT2D eigenvalue weighted by atomic mass is 10.1. The molecule has 130 valence electrons. The summed E-state index contributed by atoms with van der Waals surface area (Å²) in [6.07, 6.45) is 0. The summed E-state index contributed by atoms with van der Waals surface area (Å²) in [5, 5.41) is 0. The van der Waals surface area contributed by atoms with Crippen LogP contribution in [0.5, 0.6) is 0 Å². The van der Waals surface area contributed by atoms with Gasteiger partial charge in [-0.3, -0.25) is 9.59 Å². The van der Waals surface area contributed by atoms with Crippen molar-refractivity contribution >= 4 is 45.1 Å². The quantitative estimate of drug-likeness (QED) is 0.373. The molecule has 0 atom stereocenters. The van der Waals surface area contributed by atoms with Gasteiger partial charge >= 0.3 is 5.97 Å². The first kappa shape index (κ1) is 17.7. The Morgan fingerprint density at radius 3 is 2.72 bits per heavy atom. The van der Waals surface area contributed by atoms with Crippen LogP contribution in [0.15, 0.2) is 34.7 Å². The second-order valence-corrected chi connectivity index (χ2v) is 7.92. The Morgan fingerprint density at radius 2 is 2.04 bits per heavy atom. The van der Waals surface area contributed by atoms with E-state index in [0.717, 1.165) is 25.9 Å². The molecule has 0 aliphatic carbocycles. The Kier molecular flexibility index (Phi) is 5.24. The van der Waals surface area contributed by atoms with Gasteiger partial charge in [-0.15, -0.1) is 11.3 Å². The van der Waals surface area contributed by atoms with Gasteiger partial charge in [-0.25, -0.2) is 4.98 Å². The largest absolute Gasteiger partial charge is 0.457 e. The maximum absolute atomic E-state index is 12.2. The molecule has 0 fully saturated rings. The van der Waals surface area contributed by atoms with Crippen molar-refractivity contribution in [2.45, 2.75) is 18.2 Å². The van der Waals surface area contributed by atoms with E-state index in [1.54, 1.807) is 11.3 Å². The summed E-state index contributed by atoms with van der Waals surface area (Å²) >= 11 is 2.87. The monoisotopic (exact) mass is 374 g/mol. The van der Waals surface area contributed by atoms with E-state index in [2.05, 4.69) is 4.98 Å². The molecule has 25 heavy (non-hydrogen) atoms. The maximum Gasteiger partial charge on any atom is 0.316 e. The molecular weight excluding hydrogens is 356 g/mol. The van der Waals surface area contributed by atoms with Crippen LogP contribution < -0.4 is 0 Å². The minimum Gasteiger partial charge on any atom is -0.457 e. The number of para-hydroxylation sites is 1. The second kappa shape index (κ2) is 7.41. The highest BCUT2D eigenvalue weighted by Crippen LogP contribution is 2.29.